The topological polar surface area (TPSA) is 67.2 Å². The van der Waals surface area contributed by atoms with Crippen molar-refractivity contribution in [1.82, 2.24) is 9.78 Å². The normalized spacial score (nSPS) is 25.5. The molecule has 0 saturated heterocycles. The fraction of sp³-hybridized carbons (Fsp3) is 0.600. The summed E-state index contributed by atoms with van der Waals surface area (Å²) in [5, 5.41) is 16.5. The van der Waals surface area contributed by atoms with E-state index in [1.165, 1.54) is 6.92 Å². The van der Waals surface area contributed by atoms with E-state index < -0.39 is 0 Å². The molecule has 1 saturated carbocycles. The van der Waals surface area contributed by atoms with E-state index in [2.05, 4.69) is 10.4 Å². The molecular weight excluding hydrogens is 194 g/mol. The number of amides is 1. The number of nitrogens with zero attached hydrogens (tertiary/aromatic N) is 2. The summed E-state index contributed by atoms with van der Waals surface area (Å²) in [7, 11) is 0. The van der Waals surface area contributed by atoms with Crippen LogP contribution in [0.15, 0.2) is 12.4 Å². The van der Waals surface area contributed by atoms with Crippen molar-refractivity contribution in [3.8, 4) is 0 Å². The molecule has 1 aromatic heterocycles. The fourth-order valence-electron chi connectivity index (χ4n) is 2.02. The number of aliphatic hydroxyl groups excluding tert-OH is 1. The molecule has 5 nitrogen and oxygen atoms in total. The van der Waals surface area contributed by atoms with Crippen LogP contribution in [-0.2, 0) is 4.79 Å². The van der Waals surface area contributed by atoms with Crippen LogP contribution in [0.4, 0.5) is 5.69 Å². The molecule has 1 heterocycles. The third-order valence-electron chi connectivity index (χ3n) is 2.71. The summed E-state index contributed by atoms with van der Waals surface area (Å²) in [4.78, 5) is 10.8. The minimum Gasteiger partial charge on any atom is -0.391 e. The van der Waals surface area contributed by atoms with Crippen LogP contribution in [-0.4, -0.2) is 26.9 Å². The summed E-state index contributed by atoms with van der Waals surface area (Å²) >= 11 is 0. The highest BCUT2D eigenvalue weighted by atomic mass is 16.3. The molecule has 5 heteroatoms. The summed E-state index contributed by atoms with van der Waals surface area (Å²) in [6, 6.07) is 0.0625. The second-order valence-corrected chi connectivity index (χ2v) is 3.96. The number of nitrogens with one attached hydrogen (secondary N) is 1. The molecule has 0 aromatic carbocycles. The van der Waals surface area contributed by atoms with Crippen LogP contribution in [0.3, 0.4) is 0 Å². The average molecular weight is 209 g/mol. The molecule has 1 aliphatic carbocycles. The monoisotopic (exact) mass is 209 g/mol. The van der Waals surface area contributed by atoms with E-state index >= 15 is 0 Å². The fourth-order valence-corrected chi connectivity index (χ4v) is 2.02. The molecular formula is C10H15N3O2. The molecule has 0 spiro atoms. The predicted octanol–water partition coefficient (Wildman–Crippen LogP) is 0.927. The molecule has 0 radical (unpaired) electrons. The van der Waals surface area contributed by atoms with Crippen LogP contribution in [0.2, 0.25) is 0 Å². The first-order chi connectivity index (χ1) is 7.16. The number of aromatic nitrogens is 2. The second kappa shape index (κ2) is 4.02. The van der Waals surface area contributed by atoms with Gasteiger partial charge in [-0.15, -0.1) is 0 Å². The van der Waals surface area contributed by atoms with Gasteiger partial charge in [-0.05, 0) is 19.3 Å². The van der Waals surface area contributed by atoms with Crippen LogP contribution in [0.25, 0.3) is 0 Å². The van der Waals surface area contributed by atoms with Crippen molar-refractivity contribution < 1.29 is 9.90 Å². The maximum Gasteiger partial charge on any atom is 0.221 e. The van der Waals surface area contributed by atoms with Gasteiger partial charge in [0.1, 0.15) is 0 Å². The maximum absolute atomic E-state index is 10.8. The van der Waals surface area contributed by atoms with Gasteiger partial charge in [-0.1, -0.05) is 0 Å². The van der Waals surface area contributed by atoms with Crippen molar-refractivity contribution in [2.75, 3.05) is 5.32 Å². The molecule has 0 bridgehead atoms. The van der Waals surface area contributed by atoms with Crippen molar-refractivity contribution in [2.45, 2.75) is 38.3 Å². The molecule has 2 rings (SSSR count). The average Bonchev–Trinajstić information content (AvgIpc) is 2.72. The van der Waals surface area contributed by atoms with Crippen LogP contribution in [0, 0.1) is 0 Å². The molecule has 1 fully saturated rings. The van der Waals surface area contributed by atoms with Gasteiger partial charge in [0, 0.05) is 13.1 Å². The summed E-state index contributed by atoms with van der Waals surface area (Å²) in [5.41, 5.74) is 0.682. The second-order valence-electron chi connectivity index (χ2n) is 3.96. The standard InChI is InChI=1S/C10H15N3O2/c1-7(14)12-8-5-11-13(6-8)9-3-2-4-10(9)15/h5-6,9-10,15H,2-4H2,1H3,(H,12,14). The Kier molecular flexibility index (Phi) is 2.73. The van der Waals surface area contributed by atoms with E-state index in [4.69, 9.17) is 0 Å². The van der Waals surface area contributed by atoms with Gasteiger partial charge in [-0.25, -0.2) is 0 Å². The first kappa shape index (κ1) is 10.2. The number of carbonyl (C=O) groups excluding carboxylic acids is 1. The third-order valence-corrected chi connectivity index (χ3v) is 2.71. The lowest BCUT2D eigenvalue weighted by Crippen LogP contribution is -2.18. The molecule has 1 aliphatic rings. The lowest BCUT2D eigenvalue weighted by Gasteiger charge is -2.14. The Morgan fingerprint density at radius 3 is 3.07 bits per heavy atom. The Balaban J connectivity index is 2.09. The first-order valence-corrected chi connectivity index (χ1v) is 5.16. The maximum atomic E-state index is 10.8. The summed E-state index contributed by atoms with van der Waals surface area (Å²) in [5.74, 6) is -0.110. The zero-order valence-electron chi connectivity index (χ0n) is 8.68. The minimum atomic E-state index is -0.310. The van der Waals surface area contributed by atoms with Crippen molar-refractivity contribution in [1.29, 1.82) is 0 Å². The van der Waals surface area contributed by atoms with Crippen LogP contribution < -0.4 is 5.32 Å². The molecule has 0 aliphatic heterocycles. The molecule has 2 unspecified atom stereocenters. The summed E-state index contributed by atoms with van der Waals surface area (Å²) in [6.45, 7) is 1.46. The zero-order chi connectivity index (χ0) is 10.8. The molecule has 82 valence electrons. The number of anilines is 1. The van der Waals surface area contributed by atoms with E-state index in [1.807, 2.05) is 0 Å². The number of carbonyl (C=O) groups is 1. The quantitative estimate of drug-likeness (QED) is 0.761. The van der Waals surface area contributed by atoms with Gasteiger partial charge in [0.25, 0.3) is 0 Å². The highest BCUT2D eigenvalue weighted by molar-refractivity contribution is 5.88. The van der Waals surface area contributed by atoms with Gasteiger partial charge in [0.15, 0.2) is 0 Å². The number of rotatable bonds is 2. The highest BCUT2D eigenvalue weighted by Crippen LogP contribution is 2.29. The first-order valence-electron chi connectivity index (χ1n) is 5.16. The van der Waals surface area contributed by atoms with E-state index in [0.717, 1.165) is 19.3 Å². The predicted molar refractivity (Wildman–Crippen MR) is 55.4 cm³/mol. The van der Waals surface area contributed by atoms with Gasteiger partial charge < -0.3 is 10.4 Å². The molecule has 15 heavy (non-hydrogen) atoms. The van der Waals surface area contributed by atoms with Crippen LogP contribution >= 0.6 is 0 Å². The SMILES string of the molecule is CC(=O)Nc1cnn(C2CCCC2O)c1. The van der Waals surface area contributed by atoms with Gasteiger partial charge >= 0.3 is 0 Å². The lowest BCUT2D eigenvalue weighted by atomic mass is 10.2. The van der Waals surface area contributed by atoms with Crippen molar-refractivity contribution in [3.05, 3.63) is 12.4 Å². The number of aliphatic hydroxyl groups is 1. The Morgan fingerprint density at radius 1 is 1.67 bits per heavy atom. The molecule has 2 N–H and O–H groups in total. The van der Waals surface area contributed by atoms with E-state index in [-0.39, 0.29) is 18.1 Å². The lowest BCUT2D eigenvalue weighted by molar-refractivity contribution is -0.114. The van der Waals surface area contributed by atoms with Crippen LogP contribution in [0.5, 0.6) is 0 Å². The van der Waals surface area contributed by atoms with Crippen molar-refractivity contribution in [3.63, 3.8) is 0 Å². The van der Waals surface area contributed by atoms with Crippen molar-refractivity contribution >= 4 is 11.6 Å². The molecule has 1 amide bonds. The Hall–Kier alpha value is -1.36. The smallest absolute Gasteiger partial charge is 0.221 e. The Labute approximate surface area is 88.1 Å². The largest absolute Gasteiger partial charge is 0.391 e. The van der Waals surface area contributed by atoms with E-state index in [1.54, 1.807) is 17.1 Å². The number of hydrogen-bond acceptors (Lipinski definition) is 3. The van der Waals surface area contributed by atoms with Gasteiger partial charge in [0.05, 0.1) is 24.0 Å². The number of hydrogen-bond donors (Lipinski definition) is 2. The molecule has 1 aromatic rings. The third kappa shape index (κ3) is 2.18. The summed E-state index contributed by atoms with van der Waals surface area (Å²) < 4.78 is 1.74. The van der Waals surface area contributed by atoms with E-state index in [9.17, 15) is 9.90 Å². The highest BCUT2D eigenvalue weighted by Gasteiger charge is 2.27. The Morgan fingerprint density at radius 2 is 2.47 bits per heavy atom. The van der Waals surface area contributed by atoms with Crippen LogP contribution in [0.1, 0.15) is 32.2 Å². The van der Waals surface area contributed by atoms with Gasteiger partial charge in [0.2, 0.25) is 5.91 Å². The minimum absolute atomic E-state index is 0.0625. The van der Waals surface area contributed by atoms with Gasteiger partial charge in [-0.3, -0.25) is 9.48 Å². The summed E-state index contributed by atoms with van der Waals surface area (Å²) in [6.07, 6.45) is 5.87. The van der Waals surface area contributed by atoms with E-state index in [0.29, 0.717) is 5.69 Å². The Bertz CT molecular complexity index is 361. The van der Waals surface area contributed by atoms with Crippen molar-refractivity contribution in [2.24, 2.45) is 0 Å². The van der Waals surface area contributed by atoms with Gasteiger partial charge in [-0.2, -0.15) is 5.10 Å². The zero-order valence-corrected chi connectivity index (χ0v) is 8.68. The molecule has 2 atom stereocenters.